The van der Waals surface area contributed by atoms with Crippen LogP contribution in [0.1, 0.15) is 296 Å². The SMILES string of the molecule is CCCCCCCCCCCCCCCCCCCCCCCC/C=C/CC/C=C/CC/C=C/C(O)C(CO)NC(=O)CCCCCCCCCCCCCCCCCC. The van der Waals surface area contributed by atoms with Gasteiger partial charge in [-0.2, -0.15) is 0 Å². The lowest BCUT2D eigenvalue weighted by Crippen LogP contribution is -2.45. The Labute approximate surface area is 376 Å². The summed E-state index contributed by atoms with van der Waals surface area (Å²) in [6.45, 7) is 4.32. The van der Waals surface area contributed by atoms with E-state index in [0.29, 0.717) is 6.42 Å². The fourth-order valence-electron chi connectivity index (χ4n) is 8.45. The molecular formula is C56H107NO3. The molecule has 0 spiro atoms. The van der Waals surface area contributed by atoms with Crippen LogP contribution in [0.3, 0.4) is 0 Å². The second-order valence-electron chi connectivity index (χ2n) is 18.6. The first-order chi connectivity index (χ1) is 29.7. The lowest BCUT2D eigenvalue weighted by atomic mass is 10.0. The Morgan fingerprint density at radius 2 is 0.650 bits per heavy atom. The molecule has 354 valence electrons. The number of nitrogens with one attached hydrogen (secondary N) is 1. The second kappa shape index (κ2) is 52.0. The van der Waals surface area contributed by atoms with Gasteiger partial charge in [-0.05, 0) is 44.9 Å². The molecule has 0 aromatic rings. The molecule has 3 N–H and O–H groups in total. The summed E-state index contributed by atoms with van der Waals surface area (Å²) in [6, 6.07) is -0.643. The highest BCUT2D eigenvalue weighted by atomic mass is 16.3. The van der Waals surface area contributed by atoms with Crippen molar-refractivity contribution in [2.24, 2.45) is 0 Å². The van der Waals surface area contributed by atoms with Crippen molar-refractivity contribution in [2.75, 3.05) is 6.61 Å². The van der Waals surface area contributed by atoms with Crippen molar-refractivity contribution in [3.05, 3.63) is 36.5 Å². The van der Waals surface area contributed by atoms with E-state index in [2.05, 4.69) is 43.5 Å². The first kappa shape index (κ1) is 58.6. The van der Waals surface area contributed by atoms with Crippen LogP contribution in [0, 0.1) is 0 Å². The molecule has 2 unspecified atom stereocenters. The number of carbonyl (C=O) groups is 1. The third kappa shape index (κ3) is 47.7. The molecule has 4 nitrogen and oxygen atoms in total. The Morgan fingerprint density at radius 3 is 0.967 bits per heavy atom. The Kier molecular flexibility index (Phi) is 50.8. The molecule has 0 saturated heterocycles. The summed E-state index contributed by atoms with van der Waals surface area (Å²) in [7, 11) is 0. The zero-order valence-electron chi connectivity index (χ0n) is 40.7. The molecule has 4 heteroatoms. The van der Waals surface area contributed by atoms with Crippen LogP contribution in [0.2, 0.25) is 0 Å². The fraction of sp³-hybridized carbons (Fsp3) is 0.875. The second-order valence-corrected chi connectivity index (χ2v) is 18.6. The van der Waals surface area contributed by atoms with Crippen LogP contribution >= 0.6 is 0 Å². The van der Waals surface area contributed by atoms with Gasteiger partial charge in [0, 0.05) is 6.42 Å². The van der Waals surface area contributed by atoms with E-state index in [0.717, 1.165) is 38.5 Å². The monoisotopic (exact) mass is 842 g/mol. The van der Waals surface area contributed by atoms with Crippen LogP contribution in [0.25, 0.3) is 0 Å². The van der Waals surface area contributed by atoms with Crippen LogP contribution in [0.5, 0.6) is 0 Å². The molecule has 0 aliphatic rings. The quantitative estimate of drug-likeness (QED) is 0.0422. The van der Waals surface area contributed by atoms with Crippen LogP contribution in [-0.4, -0.2) is 34.9 Å². The highest BCUT2D eigenvalue weighted by Crippen LogP contribution is 2.17. The maximum Gasteiger partial charge on any atom is 0.220 e. The highest BCUT2D eigenvalue weighted by molar-refractivity contribution is 5.76. The van der Waals surface area contributed by atoms with Crippen molar-refractivity contribution in [3.8, 4) is 0 Å². The normalized spacial score (nSPS) is 13.1. The Balaban J connectivity index is 3.52. The molecule has 0 aromatic carbocycles. The van der Waals surface area contributed by atoms with Crippen LogP contribution < -0.4 is 5.32 Å². The average molecular weight is 842 g/mol. The zero-order chi connectivity index (χ0) is 43.5. The molecule has 0 rings (SSSR count). The van der Waals surface area contributed by atoms with E-state index in [-0.39, 0.29) is 12.5 Å². The van der Waals surface area contributed by atoms with Gasteiger partial charge < -0.3 is 15.5 Å². The minimum atomic E-state index is -0.868. The van der Waals surface area contributed by atoms with Gasteiger partial charge in [0.05, 0.1) is 18.8 Å². The van der Waals surface area contributed by atoms with Gasteiger partial charge >= 0.3 is 0 Å². The molecule has 0 aliphatic carbocycles. The van der Waals surface area contributed by atoms with Gasteiger partial charge in [-0.3, -0.25) is 4.79 Å². The number of rotatable bonds is 50. The topological polar surface area (TPSA) is 69.6 Å². The molecule has 0 bridgehead atoms. The molecular weight excluding hydrogens is 735 g/mol. The van der Waals surface area contributed by atoms with Crippen molar-refractivity contribution in [2.45, 2.75) is 309 Å². The summed E-state index contributed by atoms with van der Waals surface area (Å²) in [4.78, 5) is 12.4. The average Bonchev–Trinajstić information content (AvgIpc) is 3.25. The molecule has 60 heavy (non-hydrogen) atoms. The minimum Gasteiger partial charge on any atom is -0.394 e. The standard InChI is InChI=1S/C56H107NO3/c1-3-5-7-9-11-13-15-17-19-21-22-23-24-25-26-27-28-29-30-31-32-33-34-35-36-37-39-41-43-45-47-49-51-55(59)54(53-58)57-56(60)52-50-48-46-44-42-40-38-20-18-16-14-12-10-8-6-4-2/h35-36,41,43,49,51,54-55,58-59H,3-34,37-40,42,44-48,50,52-53H2,1-2H3,(H,57,60)/b36-35+,43-41+,51-49+. The first-order valence-corrected chi connectivity index (χ1v) is 27.2. The smallest absolute Gasteiger partial charge is 0.220 e. The summed E-state index contributed by atoms with van der Waals surface area (Å²) < 4.78 is 0. The van der Waals surface area contributed by atoms with E-state index < -0.39 is 12.1 Å². The number of hydrogen-bond acceptors (Lipinski definition) is 3. The number of unbranched alkanes of at least 4 members (excludes halogenated alkanes) is 39. The maximum atomic E-state index is 12.4. The van der Waals surface area contributed by atoms with E-state index in [1.165, 1.54) is 238 Å². The lowest BCUT2D eigenvalue weighted by molar-refractivity contribution is -0.123. The van der Waals surface area contributed by atoms with Crippen molar-refractivity contribution in [1.29, 1.82) is 0 Å². The number of hydrogen-bond donors (Lipinski definition) is 3. The molecule has 0 heterocycles. The van der Waals surface area contributed by atoms with E-state index in [9.17, 15) is 15.0 Å². The molecule has 0 aromatic heterocycles. The summed E-state index contributed by atoms with van der Waals surface area (Å²) in [5.41, 5.74) is 0. The van der Waals surface area contributed by atoms with Gasteiger partial charge in [-0.25, -0.2) is 0 Å². The number of aliphatic hydroxyl groups is 2. The van der Waals surface area contributed by atoms with Gasteiger partial charge in [0.15, 0.2) is 0 Å². The predicted octanol–water partition coefficient (Wildman–Crippen LogP) is 17.7. The third-order valence-electron chi connectivity index (χ3n) is 12.6. The van der Waals surface area contributed by atoms with Gasteiger partial charge in [0.1, 0.15) is 0 Å². The zero-order valence-corrected chi connectivity index (χ0v) is 40.7. The number of carbonyl (C=O) groups excluding carboxylic acids is 1. The lowest BCUT2D eigenvalue weighted by Gasteiger charge is -2.19. The van der Waals surface area contributed by atoms with Crippen molar-refractivity contribution >= 4 is 5.91 Å². The largest absolute Gasteiger partial charge is 0.394 e. The Hall–Kier alpha value is -1.39. The molecule has 0 fully saturated rings. The van der Waals surface area contributed by atoms with Crippen LogP contribution in [0.4, 0.5) is 0 Å². The van der Waals surface area contributed by atoms with Gasteiger partial charge in [-0.15, -0.1) is 0 Å². The fourth-order valence-corrected chi connectivity index (χ4v) is 8.45. The highest BCUT2D eigenvalue weighted by Gasteiger charge is 2.18. The van der Waals surface area contributed by atoms with Crippen molar-refractivity contribution < 1.29 is 15.0 Å². The molecule has 0 saturated carbocycles. The summed E-state index contributed by atoms with van der Waals surface area (Å²) in [6.07, 6.45) is 70.2. The molecule has 2 atom stereocenters. The van der Waals surface area contributed by atoms with E-state index in [4.69, 9.17) is 0 Å². The molecule has 0 aliphatic heterocycles. The first-order valence-electron chi connectivity index (χ1n) is 27.2. The van der Waals surface area contributed by atoms with Crippen molar-refractivity contribution in [1.82, 2.24) is 5.32 Å². The van der Waals surface area contributed by atoms with Crippen LogP contribution in [-0.2, 0) is 4.79 Å². The number of amides is 1. The van der Waals surface area contributed by atoms with E-state index >= 15 is 0 Å². The molecule has 1 amide bonds. The molecule has 0 radical (unpaired) electrons. The summed E-state index contributed by atoms with van der Waals surface area (Å²) in [5, 5.41) is 23.1. The summed E-state index contributed by atoms with van der Waals surface area (Å²) in [5.74, 6) is -0.0742. The third-order valence-corrected chi connectivity index (χ3v) is 12.6. The maximum absolute atomic E-state index is 12.4. The predicted molar refractivity (Wildman–Crippen MR) is 267 cm³/mol. The van der Waals surface area contributed by atoms with Gasteiger partial charge in [-0.1, -0.05) is 281 Å². The van der Waals surface area contributed by atoms with E-state index in [1.807, 2.05) is 6.08 Å². The minimum absolute atomic E-state index is 0.0742. The Morgan fingerprint density at radius 1 is 0.383 bits per heavy atom. The Bertz CT molecular complexity index is 912. The van der Waals surface area contributed by atoms with E-state index in [1.54, 1.807) is 6.08 Å². The van der Waals surface area contributed by atoms with Crippen LogP contribution in [0.15, 0.2) is 36.5 Å². The summed E-state index contributed by atoms with van der Waals surface area (Å²) >= 11 is 0. The number of allylic oxidation sites excluding steroid dienone is 5. The van der Waals surface area contributed by atoms with Gasteiger partial charge in [0.2, 0.25) is 5.91 Å². The number of aliphatic hydroxyl groups excluding tert-OH is 2. The van der Waals surface area contributed by atoms with Crippen molar-refractivity contribution in [3.63, 3.8) is 0 Å². The van der Waals surface area contributed by atoms with Gasteiger partial charge in [0.25, 0.3) is 0 Å².